The van der Waals surface area contributed by atoms with Crippen molar-refractivity contribution in [2.75, 3.05) is 13.7 Å². The smallest absolute Gasteiger partial charge is 0.331 e. The monoisotopic (exact) mass is 245 g/mol. The van der Waals surface area contributed by atoms with Gasteiger partial charge in [0.05, 0.1) is 19.7 Å². The molecule has 1 heterocycles. The van der Waals surface area contributed by atoms with Gasteiger partial charge in [-0.25, -0.2) is 9.69 Å². The number of hydrogen-bond acceptors (Lipinski definition) is 3. The molecular formula is C13H15N3O2. The Bertz CT molecular complexity index is 534. The van der Waals surface area contributed by atoms with Crippen molar-refractivity contribution in [1.29, 1.82) is 5.26 Å². The number of hydrogen-bond donors (Lipinski definition) is 1. The highest BCUT2D eigenvalue weighted by Crippen LogP contribution is 2.32. The van der Waals surface area contributed by atoms with Crippen molar-refractivity contribution in [3.8, 4) is 11.9 Å². The fourth-order valence-electron chi connectivity index (χ4n) is 2.33. The Morgan fingerprint density at radius 2 is 2.22 bits per heavy atom. The van der Waals surface area contributed by atoms with Gasteiger partial charge in [-0.05, 0) is 19.4 Å². The van der Waals surface area contributed by atoms with E-state index in [2.05, 4.69) is 5.32 Å². The largest absolute Gasteiger partial charge is 0.496 e. The highest BCUT2D eigenvalue weighted by Gasteiger charge is 2.32. The van der Waals surface area contributed by atoms with Crippen molar-refractivity contribution in [2.45, 2.75) is 19.9 Å². The first-order valence-corrected chi connectivity index (χ1v) is 5.69. The molecule has 1 unspecified atom stereocenters. The first kappa shape index (κ1) is 12.2. The first-order valence-electron chi connectivity index (χ1n) is 5.69. The molecule has 1 fully saturated rings. The van der Waals surface area contributed by atoms with Gasteiger partial charge in [0.25, 0.3) is 0 Å². The number of carbonyl (C=O) groups excluding carboxylic acids is 1. The zero-order chi connectivity index (χ0) is 13.3. The molecule has 0 aliphatic carbocycles. The number of nitrogens with zero attached hydrogens (tertiary/aromatic N) is 2. The minimum atomic E-state index is -0.358. The van der Waals surface area contributed by atoms with Crippen LogP contribution < -0.4 is 10.1 Å². The van der Waals surface area contributed by atoms with Crippen LogP contribution in [0.2, 0.25) is 0 Å². The summed E-state index contributed by atoms with van der Waals surface area (Å²) in [7, 11) is 1.61. The van der Waals surface area contributed by atoms with Gasteiger partial charge in [0.15, 0.2) is 6.19 Å². The Hall–Kier alpha value is -2.22. The molecule has 0 spiro atoms. The number of aryl methyl sites for hydroxylation is 2. The summed E-state index contributed by atoms with van der Waals surface area (Å²) in [5, 5.41) is 11.6. The van der Waals surface area contributed by atoms with Crippen LogP contribution in [0, 0.1) is 25.3 Å². The number of amides is 2. The molecule has 1 aromatic rings. The van der Waals surface area contributed by atoms with Crippen molar-refractivity contribution in [3.05, 3.63) is 28.8 Å². The lowest BCUT2D eigenvalue weighted by Crippen LogP contribution is -2.23. The van der Waals surface area contributed by atoms with Crippen LogP contribution in [0.1, 0.15) is 22.7 Å². The first-order chi connectivity index (χ1) is 8.56. The predicted octanol–water partition coefficient (Wildman–Crippen LogP) is 1.86. The summed E-state index contributed by atoms with van der Waals surface area (Å²) in [6, 6.07) is 3.45. The van der Waals surface area contributed by atoms with E-state index in [-0.39, 0.29) is 12.1 Å². The number of benzene rings is 1. The van der Waals surface area contributed by atoms with Gasteiger partial charge >= 0.3 is 6.03 Å². The summed E-state index contributed by atoms with van der Waals surface area (Å²) >= 11 is 0. The third-order valence-corrected chi connectivity index (χ3v) is 3.06. The molecular weight excluding hydrogens is 230 g/mol. The van der Waals surface area contributed by atoms with Gasteiger partial charge in [-0.2, -0.15) is 5.26 Å². The van der Waals surface area contributed by atoms with Gasteiger partial charge in [0, 0.05) is 5.56 Å². The molecule has 5 nitrogen and oxygen atoms in total. The third-order valence-electron chi connectivity index (χ3n) is 3.06. The lowest BCUT2D eigenvalue weighted by molar-refractivity contribution is 0.232. The molecule has 0 bridgehead atoms. The lowest BCUT2D eigenvalue weighted by atomic mass is 10.00. The molecule has 2 amide bonds. The Balaban J connectivity index is 2.41. The maximum Gasteiger partial charge on any atom is 0.331 e. The second kappa shape index (κ2) is 4.57. The van der Waals surface area contributed by atoms with Gasteiger partial charge in [-0.15, -0.1) is 0 Å². The summed E-state index contributed by atoms with van der Waals surface area (Å²) in [6.07, 6.45) is 1.86. The number of rotatable bonds is 2. The van der Waals surface area contributed by atoms with Crippen molar-refractivity contribution < 1.29 is 9.53 Å². The van der Waals surface area contributed by atoms with Crippen molar-refractivity contribution in [1.82, 2.24) is 10.2 Å². The second-order valence-corrected chi connectivity index (χ2v) is 4.42. The Morgan fingerprint density at radius 1 is 1.50 bits per heavy atom. The van der Waals surface area contributed by atoms with E-state index in [0.717, 1.165) is 27.3 Å². The molecule has 0 aromatic heterocycles. The van der Waals surface area contributed by atoms with E-state index in [1.807, 2.05) is 32.2 Å². The SMILES string of the molecule is COc1c(C)cc(C)cc1C1CN(C#N)C(=O)N1. The summed E-state index contributed by atoms with van der Waals surface area (Å²) in [4.78, 5) is 12.6. The maximum atomic E-state index is 11.5. The Morgan fingerprint density at radius 3 is 2.78 bits per heavy atom. The number of ether oxygens (including phenoxy) is 1. The van der Waals surface area contributed by atoms with Gasteiger partial charge in [0.1, 0.15) is 5.75 Å². The van der Waals surface area contributed by atoms with E-state index in [0.29, 0.717) is 6.54 Å². The number of nitrogens with one attached hydrogen (secondary N) is 1. The average Bonchev–Trinajstić information content (AvgIpc) is 2.69. The van der Waals surface area contributed by atoms with Crippen LogP contribution in [0.15, 0.2) is 12.1 Å². The molecule has 1 aliphatic rings. The molecule has 1 N–H and O–H groups in total. The van der Waals surface area contributed by atoms with E-state index in [4.69, 9.17) is 10.00 Å². The minimum absolute atomic E-state index is 0.203. The molecule has 1 aliphatic heterocycles. The number of carbonyl (C=O) groups is 1. The van der Waals surface area contributed by atoms with E-state index in [1.165, 1.54) is 0 Å². The van der Waals surface area contributed by atoms with Crippen molar-refractivity contribution in [3.63, 3.8) is 0 Å². The zero-order valence-corrected chi connectivity index (χ0v) is 10.7. The van der Waals surface area contributed by atoms with Crippen molar-refractivity contribution in [2.24, 2.45) is 0 Å². The minimum Gasteiger partial charge on any atom is -0.496 e. The van der Waals surface area contributed by atoms with Crippen LogP contribution >= 0.6 is 0 Å². The molecule has 0 radical (unpaired) electrons. The predicted molar refractivity (Wildman–Crippen MR) is 66.1 cm³/mol. The standard InChI is InChI=1S/C13H15N3O2/c1-8-4-9(2)12(18-3)10(5-8)11-6-16(7-14)13(17)15-11/h4-5,11H,6H2,1-3H3,(H,15,17). The van der Waals surface area contributed by atoms with Crippen LogP contribution in [0.25, 0.3) is 0 Å². The van der Waals surface area contributed by atoms with Crippen LogP contribution in [0.4, 0.5) is 4.79 Å². The Kier molecular flexibility index (Phi) is 3.11. The summed E-state index contributed by atoms with van der Waals surface area (Å²) in [5.74, 6) is 0.769. The van der Waals surface area contributed by atoms with Gasteiger partial charge in [0.2, 0.25) is 0 Å². The van der Waals surface area contributed by atoms with Gasteiger partial charge in [-0.1, -0.05) is 17.7 Å². The Labute approximate surface area is 106 Å². The quantitative estimate of drug-likeness (QED) is 0.809. The second-order valence-electron chi connectivity index (χ2n) is 4.42. The van der Waals surface area contributed by atoms with Crippen molar-refractivity contribution >= 4 is 6.03 Å². The van der Waals surface area contributed by atoms with Crippen LogP contribution in [0.5, 0.6) is 5.75 Å². The number of urea groups is 1. The van der Waals surface area contributed by atoms with E-state index >= 15 is 0 Å². The van der Waals surface area contributed by atoms with Crippen LogP contribution in [-0.2, 0) is 0 Å². The zero-order valence-electron chi connectivity index (χ0n) is 10.7. The fourth-order valence-corrected chi connectivity index (χ4v) is 2.33. The topological polar surface area (TPSA) is 65.4 Å². The molecule has 1 atom stereocenters. The van der Waals surface area contributed by atoms with Gasteiger partial charge in [-0.3, -0.25) is 0 Å². The fraction of sp³-hybridized carbons (Fsp3) is 0.385. The third kappa shape index (κ3) is 1.97. The van der Waals surface area contributed by atoms with E-state index in [9.17, 15) is 4.79 Å². The molecule has 2 rings (SSSR count). The summed E-state index contributed by atoms with van der Waals surface area (Å²) < 4.78 is 5.39. The summed E-state index contributed by atoms with van der Waals surface area (Å²) in [5.41, 5.74) is 3.05. The molecule has 0 saturated carbocycles. The molecule has 94 valence electrons. The number of nitriles is 1. The molecule has 1 aromatic carbocycles. The molecule has 18 heavy (non-hydrogen) atoms. The highest BCUT2D eigenvalue weighted by molar-refractivity contribution is 5.79. The van der Waals surface area contributed by atoms with E-state index < -0.39 is 0 Å². The average molecular weight is 245 g/mol. The van der Waals surface area contributed by atoms with Gasteiger partial charge < -0.3 is 10.1 Å². The van der Waals surface area contributed by atoms with E-state index in [1.54, 1.807) is 7.11 Å². The lowest BCUT2D eigenvalue weighted by Gasteiger charge is -2.17. The molecule has 1 saturated heterocycles. The number of methoxy groups -OCH3 is 1. The highest BCUT2D eigenvalue weighted by atomic mass is 16.5. The molecule has 5 heteroatoms. The maximum absolute atomic E-state index is 11.5. The summed E-state index contributed by atoms with van der Waals surface area (Å²) in [6.45, 7) is 4.30. The van der Waals surface area contributed by atoms with Crippen LogP contribution in [0.3, 0.4) is 0 Å². The normalized spacial score (nSPS) is 18.4. The van der Waals surface area contributed by atoms with Crippen LogP contribution in [-0.4, -0.2) is 24.6 Å².